The van der Waals surface area contributed by atoms with E-state index in [-0.39, 0.29) is 5.91 Å². The van der Waals surface area contributed by atoms with Crippen molar-refractivity contribution in [3.8, 4) is 0 Å². The minimum absolute atomic E-state index is 0.354. The van der Waals surface area contributed by atoms with E-state index >= 15 is 0 Å². The van der Waals surface area contributed by atoms with Crippen LogP contribution in [0, 0.1) is 0 Å². The van der Waals surface area contributed by atoms with E-state index < -0.39 is 11.3 Å². The Morgan fingerprint density at radius 1 is 1.18 bits per heavy atom. The molecule has 1 aliphatic carbocycles. The summed E-state index contributed by atoms with van der Waals surface area (Å²) >= 11 is 2.75. The van der Waals surface area contributed by atoms with Crippen molar-refractivity contribution in [2.75, 3.05) is 5.32 Å². The first-order chi connectivity index (χ1) is 13.6. The molecular formula is C19H25N5O2S2. The highest BCUT2D eigenvalue weighted by Crippen LogP contribution is 2.30. The number of benzene rings is 1. The van der Waals surface area contributed by atoms with Gasteiger partial charge in [-0.2, -0.15) is 0 Å². The number of rotatable bonds is 7. The highest BCUT2D eigenvalue weighted by atomic mass is 32.2. The summed E-state index contributed by atoms with van der Waals surface area (Å²) in [7, 11) is 0. The van der Waals surface area contributed by atoms with Gasteiger partial charge < -0.3 is 10.6 Å². The van der Waals surface area contributed by atoms with Crippen molar-refractivity contribution in [2.24, 2.45) is 0 Å². The Bertz CT molecular complexity index is 778. The zero-order chi connectivity index (χ0) is 19.8. The molecule has 1 atom stereocenters. The number of hydrogen-bond acceptors (Lipinski definition) is 7. The van der Waals surface area contributed by atoms with E-state index in [4.69, 9.17) is 0 Å². The number of anilines is 1. The van der Waals surface area contributed by atoms with Gasteiger partial charge in [0.05, 0.1) is 5.25 Å². The van der Waals surface area contributed by atoms with Crippen molar-refractivity contribution >= 4 is 40.2 Å². The molecule has 0 aliphatic heterocycles. The largest absolute Gasteiger partial charge is 0.357 e. The van der Waals surface area contributed by atoms with Crippen LogP contribution in [-0.4, -0.2) is 33.4 Å². The molecule has 3 N–H and O–H groups in total. The quantitative estimate of drug-likeness (QED) is 0.591. The van der Waals surface area contributed by atoms with Crippen LogP contribution in [0.4, 0.5) is 9.93 Å². The summed E-state index contributed by atoms with van der Waals surface area (Å²) in [4.78, 5) is 24.2. The van der Waals surface area contributed by atoms with Gasteiger partial charge in [0, 0.05) is 12.6 Å². The lowest BCUT2D eigenvalue weighted by molar-refractivity contribution is -0.119. The van der Waals surface area contributed by atoms with Gasteiger partial charge in [-0.1, -0.05) is 72.7 Å². The Kier molecular flexibility index (Phi) is 7.67. The third kappa shape index (κ3) is 6.49. The Balaban J connectivity index is 1.41. The fourth-order valence-electron chi connectivity index (χ4n) is 2.98. The highest BCUT2D eigenvalue weighted by Gasteiger charge is 2.20. The Hall–Kier alpha value is -2.13. The molecule has 7 nitrogen and oxygen atoms in total. The van der Waals surface area contributed by atoms with Crippen molar-refractivity contribution in [1.29, 1.82) is 0 Å². The highest BCUT2D eigenvalue weighted by molar-refractivity contribution is 8.02. The van der Waals surface area contributed by atoms with Crippen LogP contribution in [0.1, 0.15) is 44.6 Å². The molecule has 3 rings (SSSR count). The second-order valence-electron chi connectivity index (χ2n) is 6.77. The average molecular weight is 420 g/mol. The van der Waals surface area contributed by atoms with E-state index in [0.717, 1.165) is 10.7 Å². The standard InChI is InChI=1S/C19H25N5O2S2/c1-13(16(25)22-17(26)20-12-14-8-4-2-5-9-14)27-19-24-23-18(28-19)21-15-10-6-3-7-11-15/h2,4-5,8-9,13,15H,3,6-7,10-12H2,1H3,(H,21,23)(H2,20,22,25,26). The lowest BCUT2D eigenvalue weighted by Crippen LogP contribution is -2.42. The van der Waals surface area contributed by atoms with Gasteiger partial charge >= 0.3 is 6.03 Å². The van der Waals surface area contributed by atoms with Gasteiger partial charge in [0.25, 0.3) is 0 Å². The summed E-state index contributed by atoms with van der Waals surface area (Å²) in [6, 6.07) is 9.50. The van der Waals surface area contributed by atoms with E-state index in [0.29, 0.717) is 16.9 Å². The molecule has 1 heterocycles. The molecule has 0 radical (unpaired) electrons. The fraction of sp³-hybridized carbons (Fsp3) is 0.474. The summed E-state index contributed by atoms with van der Waals surface area (Å²) < 4.78 is 0.714. The number of urea groups is 1. The number of nitrogens with one attached hydrogen (secondary N) is 3. The van der Waals surface area contributed by atoms with Crippen LogP contribution >= 0.6 is 23.1 Å². The van der Waals surface area contributed by atoms with Crippen LogP contribution in [0.15, 0.2) is 34.7 Å². The molecule has 3 amide bonds. The predicted octanol–water partition coefficient (Wildman–Crippen LogP) is 3.79. The second kappa shape index (κ2) is 10.4. The molecule has 1 aromatic heterocycles. The zero-order valence-corrected chi connectivity index (χ0v) is 17.4. The second-order valence-corrected chi connectivity index (χ2v) is 9.34. The topological polar surface area (TPSA) is 96.0 Å². The maximum atomic E-state index is 12.2. The Morgan fingerprint density at radius 2 is 1.93 bits per heavy atom. The molecule has 0 saturated heterocycles. The first kappa shape index (κ1) is 20.6. The summed E-state index contributed by atoms with van der Waals surface area (Å²) in [6.07, 6.45) is 6.14. The monoisotopic (exact) mass is 419 g/mol. The van der Waals surface area contributed by atoms with Gasteiger partial charge in [0.2, 0.25) is 11.0 Å². The minimum atomic E-state index is -0.502. The van der Waals surface area contributed by atoms with Gasteiger partial charge in [0.1, 0.15) is 0 Å². The van der Waals surface area contributed by atoms with E-state index in [1.807, 2.05) is 30.3 Å². The lowest BCUT2D eigenvalue weighted by atomic mass is 9.96. The zero-order valence-electron chi connectivity index (χ0n) is 15.8. The summed E-state index contributed by atoms with van der Waals surface area (Å²) in [6.45, 7) is 2.12. The molecule has 1 aromatic carbocycles. The number of hydrogen-bond donors (Lipinski definition) is 3. The van der Waals surface area contributed by atoms with Gasteiger partial charge in [-0.05, 0) is 25.3 Å². The molecule has 1 unspecified atom stereocenters. The molecular weight excluding hydrogens is 394 g/mol. The van der Waals surface area contributed by atoms with E-state index in [2.05, 4.69) is 26.1 Å². The van der Waals surface area contributed by atoms with Crippen LogP contribution < -0.4 is 16.0 Å². The molecule has 1 saturated carbocycles. The molecule has 28 heavy (non-hydrogen) atoms. The average Bonchev–Trinajstić information content (AvgIpc) is 3.14. The summed E-state index contributed by atoms with van der Waals surface area (Å²) in [5.41, 5.74) is 0.972. The number of carbonyl (C=O) groups is 2. The van der Waals surface area contributed by atoms with Crippen LogP contribution in [0.25, 0.3) is 0 Å². The third-order valence-electron chi connectivity index (χ3n) is 4.52. The van der Waals surface area contributed by atoms with Gasteiger partial charge in [-0.3, -0.25) is 10.1 Å². The van der Waals surface area contributed by atoms with Crippen molar-refractivity contribution in [1.82, 2.24) is 20.8 Å². The Morgan fingerprint density at radius 3 is 2.68 bits per heavy atom. The van der Waals surface area contributed by atoms with E-state index in [1.54, 1.807) is 6.92 Å². The molecule has 1 aliphatic rings. The number of nitrogens with zero attached hydrogens (tertiary/aromatic N) is 2. The van der Waals surface area contributed by atoms with Gasteiger partial charge in [-0.15, -0.1) is 10.2 Å². The number of amides is 3. The van der Waals surface area contributed by atoms with Crippen molar-refractivity contribution in [2.45, 2.75) is 61.2 Å². The molecule has 150 valence electrons. The molecule has 1 fully saturated rings. The SMILES string of the molecule is CC(Sc1nnc(NC2CCCCC2)s1)C(=O)NC(=O)NCc1ccccc1. The summed E-state index contributed by atoms with van der Waals surface area (Å²) in [5.74, 6) is -0.354. The van der Waals surface area contributed by atoms with Crippen LogP contribution in [0.5, 0.6) is 0 Å². The summed E-state index contributed by atoms with van der Waals surface area (Å²) in [5, 5.41) is 17.2. The molecule has 0 spiro atoms. The van der Waals surface area contributed by atoms with Crippen molar-refractivity contribution < 1.29 is 9.59 Å². The predicted molar refractivity (Wildman–Crippen MR) is 113 cm³/mol. The fourth-order valence-corrected chi connectivity index (χ4v) is 4.95. The van der Waals surface area contributed by atoms with Gasteiger partial charge in [0.15, 0.2) is 4.34 Å². The third-order valence-corrected chi connectivity index (χ3v) is 6.56. The first-order valence-corrected chi connectivity index (χ1v) is 11.2. The normalized spacial score (nSPS) is 15.6. The molecule has 0 bridgehead atoms. The molecule has 9 heteroatoms. The number of imide groups is 1. The van der Waals surface area contributed by atoms with Crippen molar-refractivity contribution in [3.05, 3.63) is 35.9 Å². The molecule has 2 aromatic rings. The van der Waals surface area contributed by atoms with E-state index in [1.165, 1.54) is 55.2 Å². The van der Waals surface area contributed by atoms with Crippen LogP contribution in [0.2, 0.25) is 0 Å². The van der Waals surface area contributed by atoms with E-state index in [9.17, 15) is 9.59 Å². The van der Waals surface area contributed by atoms with Gasteiger partial charge in [-0.25, -0.2) is 4.79 Å². The maximum absolute atomic E-state index is 12.2. The minimum Gasteiger partial charge on any atom is -0.357 e. The van der Waals surface area contributed by atoms with Crippen LogP contribution in [0.3, 0.4) is 0 Å². The van der Waals surface area contributed by atoms with Crippen LogP contribution in [-0.2, 0) is 11.3 Å². The Labute approximate surface area is 173 Å². The maximum Gasteiger partial charge on any atom is 0.321 e. The van der Waals surface area contributed by atoms with Crippen molar-refractivity contribution in [3.63, 3.8) is 0 Å². The lowest BCUT2D eigenvalue weighted by Gasteiger charge is -2.21. The number of carbonyl (C=O) groups excluding carboxylic acids is 2. The first-order valence-electron chi connectivity index (χ1n) is 9.49. The number of aromatic nitrogens is 2. The number of thioether (sulfide) groups is 1. The smallest absolute Gasteiger partial charge is 0.321 e.